The van der Waals surface area contributed by atoms with Gasteiger partial charge in [-0.3, -0.25) is 0 Å². The first-order valence-electron chi connectivity index (χ1n) is 8.80. The van der Waals surface area contributed by atoms with Gasteiger partial charge in [0.05, 0.1) is 6.26 Å². The Morgan fingerprint density at radius 3 is 2.50 bits per heavy atom. The molecule has 3 rings (SSSR count). The van der Waals surface area contributed by atoms with E-state index in [4.69, 9.17) is 4.42 Å². The van der Waals surface area contributed by atoms with Crippen LogP contribution in [0.5, 0.6) is 0 Å². The highest BCUT2D eigenvalue weighted by Crippen LogP contribution is 2.23. The van der Waals surface area contributed by atoms with Gasteiger partial charge in [0.2, 0.25) is 0 Å². The van der Waals surface area contributed by atoms with Crippen molar-refractivity contribution in [3.8, 4) is 11.3 Å². The Morgan fingerprint density at radius 1 is 1.23 bits per heavy atom. The van der Waals surface area contributed by atoms with Gasteiger partial charge in [0.25, 0.3) is 0 Å². The van der Waals surface area contributed by atoms with Crippen LogP contribution in [0, 0.1) is 5.82 Å². The average molecular weight is 359 g/mol. The summed E-state index contributed by atoms with van der Waals surface area (Å²) in [5.74, 6) is 0.255. The maximum absolute atomic E-state index is 14.4. The van der Waals surface area contributed by atoms with Crippen molar-refractivity contribution in [1.82, 2.24) is 15.5 Å². The van der Waals surface area contributed by atoms with Gasteiger partial charge in [0.15, 0.2) is 0 Å². The number of amides is 2. The largest absolute Gasteiger partial charge is 0.464 e. The number of carbonyl (C=O) groups excluding carboxylic acids is 1. The summed E-state index contributed by atoms with van der Waals surface area (Å²) in [6.07, 6.45) is 1.55. The third-order valence-corrected chi connectivity index (χ3v) is 4.43. The third kappa shape index (κ3) is 4.25. The molecule has 0 atom stereocenters. The number of halogens is 1. The van der Waals surface area contributed by atoms with Crippen molar-refractivity contribution in [2.24, 2.45) is 0 Å². The molecule has 5 nitrogen and oxygen atoms in total. The fourth-order valence-corrected chi connectivity index (χ4v) is 3.72. The van der Waals surface area contributed by atoms with Gasteiger partial charge in [-0.15, -0.1) is 0 Å². The van der Waals surface area contributed by atoms with E-state index in [1.807, 2.05) is 0 Å². The molecule has 1 saturated heterocycles. The smallest absolute Gasteiger partial charge is 0.317 e. The Bertz CT molecular complexity index is 768. The van der Waals surface area contributed by atoms with E-state index in [0.29, 0.717) is 30.0 Å². The molecule has 140 valence electrons. The first-order chi connectivity index (χ1) is 12.2. The number of hydrogen-bond donors (Lipinski definition) is 2. The van der Waals surface area contributed by atoms with E-state index >= 15 is 0 Å². The molecule has 1 aliphatic heterocycles. The van der Waals surface area contributed by atoms with E-state index in [2.05, 4.69) is 38.3 Å². The minimum Gasteiger partial charge on any atom is -0.464 e. The number of hydrogen-bond acceptors (Lipinski definition) is 3. The number of furan rings is 1. The number of urea groups is 1. The minimum atomic E-state index is -0.361. The van der Waals surface area contributed by atoms with Crippen LogP contribution in [0.3, 0.4) is 0 Å². The summed E-state index contributed by atoms with van der Waals surface area (Å²) in [6, 6.07) is 8.26. The molecule has 2 heterocycles. The van der Waals surface area contributed by atoms with Crippen molar-refractivity contribution in [2.45, 2.75) is 45.3 Å². The van der Waals surface area contributed by atoms with Crippen molar-refractivity contribution >= 4 is 6.03 Å². The molecule has 26 heavy (non-hydrogen) atoms. The Morgan fingerprint density at radius 2 is 1.92 bits per heavy atom. The van der Waals surface area contributed by atoms with Crippen LogP contribution in [0.1, 0.15) is 33.3 Å². The number of nitrogens with zero attached hydrogens (tertiary/aromatic N) is 1. The Balaban J connectivity index is 1.64. The van der Waals surface area contributed by atoms with Crippen LogP contribution in [0.25, 0.3) is 11.3 Å². The fourth-order valence-electron chi connectivity index (χ4n) is 3.72. The molecule has 2 amide bonds. The maximum Gasteiger partial charge on any atom is 0.317 e. The van der Waals surface area contributed by atoms with Crippen molar-refractivity contribution in [3.63, 3.8) is 0 Å². The normalized spacial score (nSPS) is 18.6. The first kappa shape index (κ1) is 18.5. The van der Waals surface area contributed by atoms with Gasteiger partial charge in [0.1, 0.15) is 11.6 Å². The van der Waals surface area contributed by atoms with Crippen LogP contribution < -0.4 is 10.6 Å². The number of piperazine rings is 1. The summed E-state index contributed by atoms with van der Waals surface area (Å²) >= 11 is 0. The lowest BCUT2D eigenvalue weighted by Gasteiger charge is -2.48. The van der Waals surface area contributed by atoms with Gasteiger partial charge in [-0.1, -0.05) is 12.1 Å². The minimum absolute atomic E-state index is 0.147. The molecule has 1 aliphatic rings. The molecule has 0 unspecified atom stereocenters. The second-order valence-corrected chi connectivity index (χ2v) is 8.19. The fraction of sp³-hybridized carbons (Fsp3) is 0.450. The molecule has 6 heteroatoms. The van der Waals surface area contributed by atoms with E-state index < -0.39 is 0 Å². The Labute approximate surface area is 153 Å². The van der Waals surface area contributed by atoms with E-state index in [-0.39, 0.29) is 29.5 Å². The van der Waals surface area contributed by atoms with Gasteiger partial charge >= 0.3 is 6.03 Å². The third-order valence-electron chi connectivity index (χ3n) is 4.43. The molecule has 1 fully saturated rings. The van der Waals surface area contributed by atoms with E-state index in [1.54, 1.807) is 35.4 Å². The van der Waals surface area contributed by atoms with Gasteiger partial charge in [-0.05, 0) is 45.9 Å². The number of nitrogens with one attached hydrogen (secondary N) is 2. The van der Waals surface area contributed by atoms with Crippen LogP contribution in [0.4, 0.5) is 9.18 Å². The van der Waals surface area contributed by atoms with Crippen molar-refractivity contribution in [3.05, 3.63) is 48.0 Å². The van der Waals surface area contributed by atoms with Crippen molar-refractivity contribution in [2.75, 3.05) is 13.1 Å². The summed E-state index contributed by atoms with van der Waals surface area (Å²) in [4.78, 5) is 14.3. The lowest BCUT2D eigenvalue weighted by atomic mass is 9.92. The molecule has 1 aromatic heterocycles. The topological polar surface area (TPSA) is 57.5 Å². The number of carbonyl (C=O) groups is 1. The highest BCUT2D eigenvalue weighted by molar-refractivity contribution is 5.74. The highest BCUT2D eigenvalue weighted by Gasteiger charge is 2.38. The van der Waals surface area contributed by atoms with Crippen molar-refractivity contribution in [1.29, 1.82) is 0 Å². The first-order valence-corrected chi connectivity index (χ1v) is 8.80. The van der Waals surface area contributed by atoms with Crippen molar-refractivity contribution < 1.29 is 13.6 Å². The highest BCUT2D eigenvalue weighted by atomic mass is 19.1. The molecule has 0 radical (unpaired) electrons. The van der Waals surface area contributed by atoms with Crippen LogP contribution in [0.15, 0.2) is 41.0 Å². The predicted octanol–water partition coefficient (Wildman–Crippen LogP) is 3.76. The molecule has 0 bridgehead atoms. The van der Waals surface area contributed by atoms with Gasteiger partial charge in [-0.2, -0.15) is 0 Å². The Hall–Kier alpha value is -2.34. The van der Waals surface area contributed by atoms with Crippen LogP contribution in [-0.2, 0) is 6.54 Å². The zero-order chi connectivity index (χ0) is 18.9. The summed E-state index contributed by atoms with van der Waals surface area (Å²) < 4.78 is 19.6. The van der Waals surface area contributed by atoms with Crippen LogP contribution in [0.2, 0.25) is 0 Å². The van der Waals surface area contributed by atoms with Crippen LogP contribution >= 0.6 is 0 Å². The summed E-state index contributed by atoms with van der Waals surface area (Å²) in [5.41, 5.74) is 0.778. The molecule has 0 saturated carbocycles. The van der Waals surface area contributed by atoms with Crippen LogP contribution in [-0.4, -0.2) is 35.1 Å². The van der Waals surface area contributed by atoms with Gasteiger partial charge < -0.3 is 20.0 Å². The molecule has 2 N–H and O–H groups in total. The van der Waals surface area contributed by atoms with E-state index in [0.717, 1.165) is 0 Å². The standard InChI is InChI=1S/C20H26FN3O2/c1-19(2)12-24(13-20(3,4)23-19)18(25)22-11-15-8-7-14(10-16(15)21)17-6-5-9-26-17/h5-10,23H,11-13H2,1-4H3,(H,22,25). The maximum atomic E-state index is 14.4. The average Bonchev–Trinajstić information content (AvgIpc) is 3.04. The van der Waals surface area contributed by atoms with E-state index in [1.165, 1.54) is 6.07 Å². The molecular formula is C20H26FN3O2. The summed E-state index contributed by atoms with van der Waals surface area (Å²) in [6.45, 7) is 9.63. The molecule has 2 aromatic rings. The predicted molar refractivity (Wildman–Crippen MR) is 99.2 cm³/mol. The monoisotopic (exact) mass is 359 g/mol. The van der Waals surface area contributed by atoms with E-state index in [9.17, 15) is 9.18 Å². The van der Waals surface area contributed by atoms with Gasteiger partial charge in [0, 0.05) is 41.8 Å². The molecule has 0 spiro atoms. The number of benzene rings is 1. The lowest BCUT2D eigenvalue weighted by Crippen LogP contribution is -2.68. The second-order valence-electron chi connectivity index (χ2n) is 8.19. The quantitative estimate of drug-likeness (QED) is 0.877. The molecule has 0 aliphatic carbocycles. The Kier molecular flexibility index (Phi) is 4.80. The number of rotatable bonds is 3. The van der Waals surface area contributed by atoms with Gasteiger partial charge in [-0.25, -0.2) is 9.18 Å². The SMILES string of the molecule is CC1(C)CN(C(=O)NCc2ccc(-c3ccco3)cc2F)CC(C)(C)N1. The lowest BCUT2D eigenvalue weighted by molar-refractivity contribution is 0.0957. The summed E-state index contributed by atoms with van der Waals surface area (Å²) in [7, 11) is 0. The zero-order valence-electron chi connectivity index (χ0n) is 15.7. The zero-order valence-corrected chi connectivity index (χ0v) is 15.7. The second kappa shape index (κ2) is 6.76. The summed E-state index contributed by atoms with van der Waals surface area (Å²) in [5, 5.41) is 6.36. The molecular weight excluding hydrogens is 333 g/mol. The molecule has 1 aromatic carbocycles.